The second kappa shape index (κ2) is 8.24. The zero-order valence-corrected chi connectivity index (χ0v) is 18.3. The highest BCUT2D eigenvalue weighted by Gasteiger charge is 2.58. The van der Waals surface area contributed by atoms with Crippen molar-refractivity contribution in [3.05, 3.63) is 41.5 Å². The Balaban J connectivity index is 1.35. The van der Waals surface area contributed by atoms with E-state index in [1.165, 1.54) is 5.56 Å². The molecule has 8 heteroatoms. The van der Waals surface area contributed by atoms with Gasteiger partial charge < -0.3 is 19.5 Å². The number of hydrogen-bond donors (Lipinski definition) is 1. The van der Waals surface area contributed by atoms with Crippen LogP contribution in [0.5, 0.6) is 0 Å². The first-order valence-corrected chi connectivity index (χ1v) is 11.3. The Morgan fingerprint density at radius 2 is 2.10 bits per heavy atom. The Bertz CT molecular complexity index is 941. The van der Waals surface area contributed by atoms with Crippen LogP contribution in [0.2, 0.25) is 0 Å². The minimum Gasteiger partial charge on any atom is -0.381 e. The third kappa shape index (κ3) is 3.83. The molecule has 5 rings (SSSR count). The van der Waals surface area contributed by atoms with Gasteiger partial charge in [0.05, 0.1) is 5.41 Å². The molecule has 3 saturated heterocycles. The second-order valence-electron chi connectivity index (χ2n) is 9.14. The monoisotopic (exact) mass is 425 g/mol. The molecule has 2 aromatic rings. The largest absolute Gasteiger partial charge is 0.381 e. The summed E-state index contributed by atoms with van der Waals surface area (Å²) >= 11 is 0. The Morgan fingerprint density at radius 3 is 2.84 bits per heavy atom. The van der Waals surface area contributed by atoms with E-state index in [1.54, 1.807) is 0 Å². The van der Waals surface area contributed by atoms with E-state index in [0.717, 1.165) is 51.3 Å². The van der Waals surface area contributed by atoms with Crippen molar-refractivity contribution in [3.8, 4) is 0 Å². The molecule has 0 unspecified atom stereocenters. The van der Waals surface area contributed by atoms with Crippen molar-refractivity contribution in [3.63, 3.8) is 0 Å². The predicted molar refractivity (Wildman–Crippen MR) is 116 cm³/mol. The van der Waals surface area contributed by atoms with Crippen LogP contribution in [0, 0.1) is 12.8 Å². The summed E-state index contributed by atoms with van der Waals surface area (Å²) in [5.74, 6) is 1.60. The third-order valence-electron chi connectivity index (χ3n) is 7.17. The Kier molecular flexibility index (Phi) is 5.44. The summed E-state index contributed by atoms with van der Waals surface area (Å²) in [5.41, 5.74) is 1.75. The maximum absolute atomic E-state index is 13.1. The average Bonchev–Trinajstić information content (AvgIpc) is 3.47. The van der Waals surface area contributed by atoms with Crippen LogP contribution in [0.4, 0.5) is 10.5 Å². The Morgan fingerprint density at radius 1 is 1.26 bits per heavy atom. The molecule has 0 radical (unpaired) electrons. The number of amides is 2. The third-order valence-corrected chi connectivity index (χ3v) is 7.17. The molecule has 0 bridgehead atoms. The summed E-state index contributed by atoms with van der Waals surface area (Å²) in [4.78, 5) is 22.2. The molecule has 1 N–H and O–H groups in total. The van der Waals surface area contributed by atoms with Crippen LogP contribution in [0.1, 0.15) is 37.0 Å². The standard InChI is InChI=1S/C23H31N5O3/c1-3-17-5-4-6-19(11-17)25-22(29)28-13-18-12-27(20-7-9-30-10-8-20)14-23(18,15-28)21-24-16(2)26-31-21/h4-6,11,18,20H,3,7-10,12-15H2,1-2H3,(H,25,29)/t18-,23-/m1/s1. The van der Waals surface area contributed by atoms with Crippen molar-refractivity contribution in [1.29, 1.82) is 0 Å². The molecule has 8 nitrogen and oxygen atoms in total. The minimum absolute atomic E-state index is 0.0594. The maximum atomic E-state index is 13.1. The topological polar surface area (TPSA) is 83.7 Å². The number of fused-ring (bicyclic) bond motifs is 1. The van der Waals surface area contributed by atoms with E-state index < -0.39 is 0 Å². The van der Waals surface area contributed by atoms with Gasteiger partial charge in [0.1, 0.15) is 0 Å². The van der Waals surface area contributed by atoms with Crippen molar-refractivity contribution < 1.29 is 14.1 Å². The summed E-state index contributed by atoms with van der Waals surface area (Å²) in [5, 5.41) is 7.15. The van der Waals surface area contributed by atoms with Crippen molar-refractivity contribution in [2.75, 3.05) is 44.7 Å². The van der Waals surface area contributed by atoms with Crippen LogP contribution in [0.25, 0.3) is 0 Å². The lowest BCUT2D eigenvalue weighted by Gasteiger charge is -2.33. The molecule has 3 aliphatic rings. The molecule has 31 heavy (non-hydrogen) atoms. The van der Waals surface area contributed by atoms with Crippen molar-refractivity contribution in [2.24, 2.45) is 5.92 Å². The number of rotatable bonds is 4. The quantitative estimate of drug-likeness (QED) is 0.811. The molecule has 1 aromatic carbocycles. The van der Waals surface area contributed by atoms with E-state index in [9.17, 15) is 4.79 Å². The zero-order valence-electron chi connectivity index (χ0n) is 18.3. The van der Waals surface area contributed by atoms with Crippen LogP contribution in [0.15, 0.2) is 28.8 Å². The van der Waals surface area contributed by atoms with Gasteiger partial charge in [-0.05, 0) is 43.9 Å². The van der Waals surface area contributed by atoms with Gasteiger partial charge >= 0.3 is 6.03 Å². The van der Waals surface area contributed by atoms with E-state index in [0.29, 0.717) is 30.8 Å². The molecule has 2 amide bonds. The number of carbonyl (C=O) groups is 1. The summed E-state index contributed by atoms with van der Waals surface area (Å²) < 4.78 is 11.3. The summed E-state index contributed by atoms with van der Waals surface area (Å²) in [6.45, 7) is 8.69. The van der Waals surface area contributed by atoms with Gasteiger partial charge in [0.25, 0.3) is 0 Å². The molecule has 2 atom stereocenters. The number of aryl methyl sites for hydroxylation is 2. The van der Waals surface area contributed by atoms with E-state index in [-0.39, 0.29) is 17.4 Å². The van der Waals surface area contributed by atoms with Crippen LogP contribution in [-0.4, -0.2) is 71.4 Å². The first-order chi connectivity index (χ1) is 15.1. The number of likely N-dealkylation sites (tertiary alicyclic amines) is 2. The molecule has 3 fully saturated rings. The highest BCUT2D eigenvalue weighted by Crippen LogP contribution is 2.45. The number of carbonyl (C=O) groups excluding carboxylic acids is 1. The summed E-state index contributed by atoms with van der Waals surface area (Å²) in [6, 6.07) is 8.52. The van der Waals surface area contributed by atoms with Gasteiger partial charge in [-0.3, -0.25) is 4.90 Å². The first-order valence-electron chi connectivity index (χ1n) is 11.3. The lowest BCUT2D eigenvalue weighted by atomic mass is 9.81. The van der Waals surface area contributed by atoms with Crippen LogP contribution in [-0.2, 0) is 16.6 Å². The van der Waals surface area contributed by atoms with Gasteiger partial charge in [-0.2, -0.15) is 4.98 Å². The number of benzene rings is 1. The van der Waals surface area contributed by atoms with E-state index in [2.05, 4.69) is 33.3 Å². The van der Waals surface area contributed by atoms with Crippen molar-refractivity contribution in [1.82, 2.24) is 19.9 Å². The molecule has 166 valence electrons. The first kappa shape index (κ1) is 20.5. The lowest BCUT2D eigenvalue weighted by molar-refractivity contribution is 0.0378. The Labute approximate surface area is 182 Å². The fraction of sp³-hybridized carbons (Fsp3) is 0.609. The van der Waals surface area contributed by atoms with Gasteiger partial charge in [-0.1, -0.05) is 24.2 Å². The highest BCUT2D eigenvalue weighted by atomic mass is 16.5. The lowest BCUT2D eigenvalue weighted by Crippen LogP contribution is -2.44. The fourth-order valence-electron chi connectivity index (χ4n) is 5.46. The van der Waals surface area contributed by atoms with Crippen molar-refractivity contribution in [2.45, 2.75) is 44.6 Å². The molecule has 0 spiro atoms. The van der Waals surface area contributed by atoms with Gasteiger partial charge in [-0.15, -0.1) is 0 Å². The van der Waals surface area contributed by atoms with Gasteiger partial charge in [0.2, 0.25) is 5.89 Å². The number of aromatic nitrogens is 2. The van der Waals surface area contributed by atoms with Gasteiger partial charge in [0, 0.05) is 57.0 Å². The highest BCUT2D eigenvalue weighted by molar-refractivity contribution is 5.89. The summed E-state index contributed by atoms with van der Waals surface area (Å²) in [7, 11) is 0. The van der Waals surface area contributed by atoms with E-state index in [1.807, 2.05) is 30.0 Å². The molecule has 1 aromatic heterocycles. The maximum Gasteiger partial charge on any atom is 0.321 e. The van der Waals surface area contributed by atoms with Gasteiger partial charge in [0.15, 0.2) is 5.82 Å². The molecule has 0 aliphatic carbocycles. The normalized spacial score (nSPS) is 26.9. The molecular weight excluding hydrogens is 394 g/mol. The van der Waals surface area contributed by atoms with E-state index in [4.69, 9.17) is 9.26 Å². The van der Waals surface area contributed by atoms with Crippen LogP contribution >= 0.6 is 0 Å². The van der Waals surface area contributed by atoms with Crippen molar-refractivity contribution >= 4 is 11.7 Å². The SMILES string of the molecule is CCc1cccc(NC(=O)N2C[C@H]3CN(C4CCOCC4)C[C@@]3(c3nc(C)no3)C2)c1. The zero-order chi connectivity index (χ0) is 21.4. The molecular formula is C23H31N5O3. The average molecular weight is 426 g/mol. The van der Waals surface area contributed by atoms with Crippen LogP contribution < -0.4 is 5.32 Å². The second-order valence-corrected chi connectivity index (χ2v) is 9.14. The minimum atomic E-state index is -0.303. The predicted octanol–water partition coefficient (Wildman–Crippen LogP) is 2.84. The molecule has 4 heterocycles. The fourth-order valence-corrected chi connectivity index (χ4v) is 5.46. The smallest absolute Gasteiger partial charge is 0.321 e. The van der Waals surface area contributed by atoms with E-state index >= 15 is 0 Å². The molecule has 3 aliphatic heterocycles. The molecule has 0 saturated carbocycles. The number of hydrogen-bond acceptors (Lipinski definition) is 6. The summed E-state index contributed by atoms with van der Waals surface area (Å²) in [6.07, 6.45) is 3.06. The number of nitrogens with one attached hydrogen (secondary N) is 1. The van der Waals surface area contributed by atoms with Gasteiger partial charge in [-0.25, -0.2) is 4.79 Å². The number of ether oxygens (including phenoxy) is 1. The van der Waals surface area contributed by atoms with Crippen LogP contribution in [0.3, 0.4) is 0 Å². The Hall–Kier alpha value is -2.45. The number of urea groups is 1. The number of nitrogens with zero attached hydrogens (tertiary/aromatic N) is 4. The number of anilines is 1.